The Morgan fingerprint density at radius 3 is 2.55 bits per heavy atom. The highest BCUT2D eigenvalue weighted by molar-refractivity contribution is 7.92. The Labute approximate surface area is 220 Å². The molecule has 3 aromatic rings. The van der Waals surface area contributed by atoms with Gasteiger partial charge in [0.2, 0.25) is 0 Å². The molecule has 0 bridgehead atoms. The molecule has 5 rings (SSSR count). The van der Waals surface area contributed by atoms with Crippen molar-refractivity contribution in [3.8, 4) is 0 Å². The van der Waals surface area contributed by atoms with Crippen LogP contribution in [0.15, 0.2) is 53.4 Å². The number of anilines is 2. The van der Waals surface area contributed by atoms with E-state index >= 15 is 0 Å². The second kappa shape index (κ2) is 9.29. The van der Waals surface area contributed by atoms with Gasteiger partial charge in [0.1, 0.15) is 0 Å². The third-order valence-corrected chi connectivity index (χ3v) is 8.17. The molecule has 0 radical (unpaired) electrons. The molecule has 4 N–H and O–H groups in total. The lowest BCUT2D eigenvalue weighted by Gasteiger charge is -2.28. The molecule has 0 saturated heterocycles. The van der Waals surface area contributed by atoms with Crippen molar-refractivity contribution < 1.29 is 27.9 Å². The van der Waals surface area contributed by atoms with Crippen molar-refractivity contribution in [2.75, 3.05) is 10.0 Å². The number of hydrogen-bond acceptors (Lipinski definition) is 5. The standard InChI is InChI=1S/C28H27N3O6S/c1-28(2)14-23-26(24(32)15-28)18(9-11-25(33)34)22(29-23)13-20-19-12-16(8-10-21(19)30-27(20)35)31-38(36,37)17-6-4-3-5-7-17/h3-8,10,12-13,29,31H,9,11,14-15H2,1-2H3,(H,30,35)(H,33,34). The molecule has 0 spiro atoms. The molecular formula is C28H27N3O6S. The van der Waals surface area contributed by atoms with Crippen LogP contribution in [0.1, 0.15) is 59.6 Å². The van der Waals surface area contributed by atoms with Crippen LogP contribution in [0.4, 0.5) is 11.4 Å². The highest BCUT2D eigenvalue weighted by Crippen LogP contribution is 2.40. The molecule has 196 valence electrons. The highest BCUT2D eigenvalue weighted by atomic mass is 32.2. The third-order valence-electron chi connectivity index (χ3n) is 6.77. The molecule has 2 aromatic carbocycles. The summed E-state index contributed by atoms with van der Waals surface area (Å²) >= 11 is 0. The van der Waals surface area contributed by atoms with E-state index in [1.165, 1.54) is 12.1 Å². The second-order valence-electron chi connectivity index (χ2n) is 10.4. The summed E-state index contributed by atoms with van der Waals surface area (Å²) < 4.78 is 28.2. The summed E-state index contributed by atoms with van der Waals surface area (Å²) in [6.45, 7) is 4.00. The number of aromatic amines is 1. The minimum atomic E-state index is -3.84. The normalized spacial score (nSPS) is 17.2. The first-order chi connectivity index (χ1) is 17.9. The van der Waals surface area contributed by atoms with Crippen LogP contribution in [0.3, 0.4) is 0 Å². The Hall–Kier alpha value is -4.18. The van der Waals surface area contributed by atoms with Gasteiger partial charge in [-0.05, 0) is 60.2 Å². The van der Waals surface area contributed by atoms with E-state index in [2.05, 4.69) is 15.0 Å². The Balaban J connectivity index is 1.56. The van der Waals surface area contributed by atoms with Gasteiger partial charge in [-0.3, -0.25) is 19.1 Å². The van der Waals surface area contributed by atoms with E-state index in [1.54, 1.807) is 42.5 Å². The zero-order valence-corrected chi connectivity index (χ0v) is 21.7. The maximum atomic E-state index is 13.0. The first kappa shape index (κ1) is 25.5. The van der Waals surface area contributed by atoms with Gasteiger partial charge in [-0.15, -0.1) is 0 Å². The molecule has 0 unspecified atom stereocenters. The number of aromatic nitrogens is 1. The molecule has 9 nitrogen and oxygen atoms in total. The lowest BCUT2D eigenvalue weighted by atomic mass is 9.75. The number of hydrogen-bond donors (Lipinski definition) is 4. The molecule has 1 aromatic heterocycles. The number of Topliss-reactive ketones (excluding diaryl/α,β-unsaturated/α-hetero) is 1. The zero-order chi connectivity index (χ0) is 27.2. The van der Waals surface area contributed by atoms with Gasteiger partial charge in [0.15, 0.2) is 5.78 Å². The smallest absolute Gasteiger partial charge is 0.303 e. The second-order valence-corrected chi connectivity index (χ2v) is 12.1. The van der Waals surface area contributed by atoms with Gasteiger partial charge in [0, 0.05) is 46.7 Å². The topological polar surface area (TPSA) is 145 Å². The predicted molar refractivity (Wildman–Crippen MR) is 143 cm³/mol. The first-order valence-electron chi connectivity index (χ1n) is 12.2. The number of fused-ring (bicyclic) bond motifs is 2. The molecule has 0 saturated carbocycles. The van der Waals surface area contributed by atoms with Crippen LogP contribution >= 0.6 is 0 Å². The largest absolute Gasteiger partial charge is 0.481 e. The number of H-pyrrole nitrogens is 1. The quantitative estimate of drug-likeness (QED) is 0.330. The Kier molecular flexibility index (Phi) is 6.22. The van der Waals surface area contributed by atoms with E-state index in [0.29, 0.717) is 40.9 Å². The van der Waals surface area contributed by atoms with Crippen molar-refractivity contribution in [1.29, 1.82) is 0 Å². The van der Waals surface area contributed by atoms with Crippen LogP contribution in [0.5, 0.6) is 0 Å². The van der Waals surface area contributed by atoms with E-state index < -0.39 is 16.0 Å². The van der Waals surface area contributed by atoms with E-state index in [0.717, 1.165) is 5.69 Å². The minimum Gasteiger partial charge on any atom is -0.481 e. The molecule has 2 heterocycles. The monoisotopic (exact) mass is 533 g/mol. The van der Waals surface area contributed by atoms with Crippen molar-refractivity contribution in [3.05, 3.63) is 76.6 Å². The number of rotatable bonds is 7. The number of aliphatic carboxylic acids is 1. The summed E-state index contributed by atoms with van der Waals surface area (Å²) in [4.78, 5) is 40.7. The molecule has 1 aliphatic heterocycles. The fourth-order valence-electron chi connectivity index (χ4n) is 5.12. The minimum absolute atomic E-state index is 0.0496. The van der Waals surface area contributed by atoms with Crippen LogP contribution < -0.4 is 10.0 Å². The average molecular weight is 534 g/mol. The summed E-state index contributed by atoms with van der Waals surface area (Å²) in [5.74, 6) is -1.42. The lowest BCUT2D eigenvalue weighted by Crippen LogP contribution is -2.27. The van der Waals surface area contributed by atoms with E-state index in [4.69, 9.17) is 0 Å². The van der Waals surface area contributed by atoms with Gasteiger partial charge < -0.3 is 15.4 Å². The summed E-state index contributed by atoms with van der Waals surface area (Å²) in [5.41, 5.74) is 3.67. The van der Waals surface area contributed by atoms with Gasteiger partial charge in [0.25, 0.3) is 15.9 Å². The molecule has 0 atom stereocenters. The summed E-state index contributed by atoms with van der Waals surface area (Å²) in [5, 5.41) is 12.1. The number of carboxylic acids is 1. The van der Waals surface area contributed by atoms with Gasteiger partial charge in [-0.2, -0.15) is 0 Å². The molecule has 1 aliphatic carbocycles. The van der Waals surface area contributed by atoms with Crippen LogP contribution in [-0.2, 0) is 32.5 Å². The molecule has 1 amide bonds. The zero-order valence-electron chi connectivity index (χ0n) is 20.9. The molecule has 2 aliphatic rings. The number of nitrogens with one attached hydrogen (secondary N) is 3. The number of benzene rings is 2. The van der Waals surface area contributed by atoms with Crippen LogP contribution in [0.2, 0.25) is 0 Å². The number of carboxylic acid groups (broad SMARTS) is 1. The number of ketones is 1. The van der Waals surface area contributed by atoms with Crippen molar-refractivity contribution in [2.24, 2.45) is 5.41 Å². The first-order valence-corrected chi connectivity index (χ1v) is 13.7. The molecule has 38 heavy (non-hydrogen) atoms. The number of carbonyl (C=O) groups excluding carboxylic acids is 2. The average Bonchev–Trinajstić information content (AvgIpc) is 3.33. The molecule has 10 heteroatoms. The van der Waals surface area contributed by atoms with Crippen molar-refractivity contribution in [1.82, 2.24) is 4.98 Å². The van der Waals surface area contributed by atoms with Gasteiger partial charge in [-0.1, -0.05) is 32.0 Å². The van der Waals surface area contributed by atoms with Crippen molar-refractivity contribution >= 4 is 50.7 Å². The SMILES string of the molecule is CC1(C)CC(=O)c2c([nH]c(C=C3C(=O)Nc4ccc(NS(=O)(=O)c5ccccc5)cc43)c2CCC(=O)O)C1. The van der Waals surface area contributed by atoms with Gasteiger partial charge in [-0.25, -0.2) is 8.42 Å². The Bertz CT molecular complexity index is 1620. The van der Waals surface area contributed by atoms with Crippen molar-refractivity contribution in [2.45, 2.75) is 44.4 Å². The summed E-state index contributed by atoms with van der Waals surface area (Å²) in [7, 11) is -3.84. The Morgan fingerprint density at radius 2 is 1.84 bits per heavy atom. The van der Waals surface area contributed by atoms with E-state index in [-0.39, 0.29) is 46.1 Å². The van der Waals surface area contributed by atoms with Crippen LogP contribution in [0, 0.1) is 5.41 Å². The predicted octanol–water partition coefficient (Wildman–Crippen LogP) is 4.48. The van der Waals surface area contributed by atoms with Crippen LogP contribution in [-0.4, -0.2) is 36.2 Å². The summed E-state index contributed by atoms with van der Waals surface area (Å²) in [6.07, 6.45) is 2.56. The fraction of sp³-hybridized carbons (Fsp3) is 0.250. The van der Waals surface area contributed by atoms with E-state index in [1.807, 2.05) is 13.8 Å². The van der Waals surface area contributed by atoms with Gasteiger partial charge in [0.05, 0.1) is 10.5 Å². The highest BCUT2D eigenvalue weighted by Gasteiger charge is 2.35. The van der Waals surface area contributed by atoms with Crippen LogP contribution in [0.25, 0.3) is 11.6 Å². The number of carbonyl (C=O) groups is 3. The third kappa shape index (κ3) is 4.87. The molecular weight excluding hydrogens is 506 g/mol. The maximum Gasteiger partial charge on any atom is 0.303 e. The fourth-order valence-corrected chi connectivity index (χ4v) is 6.19. The maximum absolute atomic E-state index is 13.0. The lowest BCUT2D eigenvalue weighted by molar-refractivity contribution is -0.137. The summed E-state index contributed by atoms with van der Waals surface area (Å²) in [6, 6.07) is 12.7. The van der Waals surface area contributed by atoms with E-state index in [9.17, 15) is 27.9 Å². The van der Waals surface area contributed by atoms with Crippen molar-refractivity contribution in [3.63, 3.8) is 0 Å². The Morgan fingerprint density at radius 1 is 1.11 bits per heavy atom. The molecule has 0 fully saturated rings. The number of sulfonamides is 1. The number of amides is 1. The van der Waals surface area contributed by atoms with Gasteiger partial charge >= 0.3 is 5.97 Å².